The van der Waals surface area contributed by atoms with E-state index in [0.717, 1.165) is 0 Å². The first-order valence-corrected chi connectivity index (χ1v) is 5.11. The van der Waals surface area contributed by atoms with Gasteiger partial charge in [-0.15, -0.1) is 0 Å². The van der Waals surface area contributed by atoms with Crippen LogP contribution in [0, 0.1) is 0 Å². The van der Waals surface area contributed by atoms with Crippen LogP contribution in [-0.4, -0.2) is 52.0 Å². The maximum Gasteiger partial charge on any atom is 0.377 e. The summed E-state index contributed by atoms with van der Waals surface area (Å²) < 4.78 is 19.3. The molecule has 0 aromatic carbocycles. The minimum Gasteiger partial charge on any atom is -0.493 e. The van der Waals surface area contributed by atoms with Crippen LogP contribution in [0.5, 0.6) is 0 Å². The fourth-order valence-corrected chi connectivity index (χ4v) is 1.02. The van der Waals surface area contributed by atoms with E-state index in [1.807, 2.05) is 0 Å². The largest absolute Gasteiger partial charge is 0.493 e. The molecule has 17 heavy (non-hydrogen) atoms. The second-order valence-electron chi connectivity index (χ2n) is 3.12. The Balaban J connectivity index is 2.18. The molecule has 0 aliphatic carbocycles. The maximum atomic E-state index is 11.3. The molecule has 1 N–H and O–H groups in total. The number of ether oxygens (including phenoxy) is 4. The van der Waals surface area contributed by atoms with E-state index in [0.29, 0.717) is 26.4 Å². The summed E-state index contributed by atoms with van der Waals surface area (Å²) in [5.74, 6) is -1.14. The van der Waals surface area contributed by atoms with Crippen molar-refractivity contribution in [3.63, 3.8) is 0 Å². The number of rotatable bonds is 6. The number of amides is 1. The van der Waals surface area contributed by atoms with Gasteiger partial charge >= 0.3 is 5.97 Å². The molecule has 0 fully saturated rings. The molecule has 0 spiro atoms. The summed E-state index contributed by atoms with van der Waals surface area (Å²) in [7, 11) is 1.53. The third kappa shape index (κ3) is 5.21. The Hall–Kier alpha value is -1.76. The molecule has 1 aliphatic heterocycles. The van der Waals surface area contributed by atoms with Gasteiger partial charge in [0.15, 0.2) is 6.61 Å². The van der Waals surface area contributed by atoms with E-state index < -0.39 is 11.9 Å². The van der Waals surface area contributed by atoms with Crippen molar-refractivity contribution in [1.82, 2.24) is 5.32 Å². The molecule has 1 aliphatic rings. The van der Waals surface area contributed by atoms with E-state index in [2.05, 4.69) is 5.32 Å². The van der Waals surface area contributed by atoms with Gasteiger partial charge in [-0.3, -0.25) is 4.79 Å². The van der Waals surface area contributed by atoms with Crippen molar-refractivity contribution in [2.24, 2.45) is 0 Å². The monoisotopic (exact) mass is 245 g/mol. The highest BCUT2D eigenvalue weighted by Crippen LogP contribution is 2.05. The predicted molar refractivity (Wildman–Crippen MR) is 55.8 cm³/mol. The lowest BCUT2D eigenvalue weighted by molar-refractivity contribution is -0.149. The number of nitrogens with one attached hydrogen (secondary N) is 1. The summed E-state index contributed by atoms with van der Waals surface area (Å²) in [6, 6.07) is 0. The number of hydrogen-bond donors (Lipinski definition) is 1. The van der Waals surface area contributed by atoms with Crippen LogP contribution in [0.25, 0.3) is 0 Å². The molecule has 7 heteroatoms. The zero-order valence-electron chi connectivity index (χ0n) is 9.56. The number of carbonyl (C=O) groups is 2. The average Bonchev–Trinajstić information content (AvgIpc) is 2.37. The Kier molecular flexibility index (Phi) is 5.87. The van der Waals surface area contributed by atoms with Crippen molar-refractivity contribution < 1.29 is 28.5 Å². The summed E-state index contributed by atoms with van der Waals surface area (Å²) in [5, 5.41) is 2.51. The molecule has 1 heterocycles. The standard InChI is InChI=1S/C10H15NO6/c1-14-3-2-11-9(12)7-17-10(13)8-6-15-4-5-16-8/h6H,2-5,7H2,1H3,(H,11,12). The van der Waals surface area contributed by atoms with Crippen LogP contribution in [0.1, 0.15) is 0 Å². The van der Waals surface area contributed by atoms with E-state index in [-0.39, 0.29) is 12.4 Å². The zero-order valence-corrected chi connectivity index (χ0v) is 9.56. The second kappa shape index (κ2) is 7.50. The summed E-state index contributed by atoms with van der Waals surface area (Å²) in [4.78, 5) is 22.5. The fraction of sp³-hybridized carbons (Fsp3) is 0.600. The molecule has 0 saturated carbocycles. The Morgan fingerprint density at radius 1 is 1.47 bits per heavy atom. The molecule has 0 bridgehead atoms. The van der Waals surface area contributed by atoms with Crippen molar-refractivity contribution >= 4 is 11.9 Å². The van der Waals surface area contributed by atoms with Crippen molar-refractivity contribution in [1.29, 1.82) is 0 Å². The van der Waals surface area contributed by atoms with Crippen molar-refractivity contribution in [3.8, 4) is 0 Å². The molecular formula is C10H15NO6. The van der Waals surface area contributed by atoms with E-state index in [1.165, 1.54) is 13.4 Å². The summed E-state index contributed by atoms with van der Waals surface area (Å²) >= 11 is 0. The predicted octanol–water partition coefficient (Wildman–Crippen LogP) is -0.820. The minimum absolute atomic E-state index is 0.0269. The Morgan fingerprint density at radius 3 is 2.94 bits per heavy atom. The molecule has 1 rings (SSSR count). The highest BCUT2D eigenvalue weighted by Gasteiger charge is 2.17. The van der Waals surface area contributed by atoms with Gasteiger partial charge in [0.25, 0.3) is 5.91 Å². The van der Waals surface area contributed by atoms with Crippen LogP contribution in [0.15, 0.2) is 12.0 Å². The molecule has 0 radical (unpaired) electrons. The highest BCUT2D eigenvalue weighted by atomic mass is 16.6. The molecule has 0 unspecified atom stereocenters. The first-order valence-electron chi connectivity index (χ1n) is 5.11. The molecule has 0 saturated heterocycles. The Labute approximate surface area is 98.7 Å². The Morgan fingerprint density at radius 2 is 2.29 bits per heavy atom. The van der Waals surface area contributed by atoms with Crippen molar-refractivity contribution in [3.05, 3.63) is 12.0 Å². The second-order valence-corrected chi connectivity index (χ2v) is 3.12. The first kappa shape index (κ1) is 13.3. The van der Waals surface area contributed by atoms with E-state index >= 15 is 0 Å². The summed E-state index contributed by atoms with van der Waals surface area (Å²) in [6.07, 6.45) is 1.18. The van der Waals surface area contributed by atoms with Crippen LogP contribution >= 0.6 is 0 Å². The van der Waals surface area contributed by atoms with Crippen molar-refractivity contribution in [2.45, 2.75) is 0 Å². The van der Waals surface area contributed by atoms with Crippen LogP contribution in [0.2, 0.25) is 0 Å². The van der Waals surface area contributed by atoms with Crippen LogP contribution < -0.4 is 5.32 Å². The summed E-state index contributed by atoms with van der Waals surface area (Å²) in [5.41, 5.74) is 0. The highest BCUT2D eigenvalue weighted by molar-refractivity contribution is 5.88. The first-order chi connectivity index (χ1) is 8.24. The maximum absolute atomic E-state index is 11.3. The van der Waals surface area contributed by atoms with Gasteiger partial charge in [0, 0.05) is 13.7 Å². The quantitative estimate of drug-likeness (QED) is 0.486. The van der Waals surface area contributed by atoms with Crippen LogP contribution in [0.4, 0.5) is 0 Å². The van der Waals surface area contributed by atoms with Gasteiger partial charge in [-0.2, -0.15) is 0 Å². The fourth-order valence-electron chi connectivity index (χ4n) is 1.02. The zero-order chi connectivity index (χ0) is 12.5. The van der Waals surface area contributed by atoms with Gasteiger partial charge in [0.2, 0.25) is 5.76 Å². The summed E-state index contributed by atoms with van der Waals surface area (Å²) in [6.45, 7) is 1.11. The third-order valence-corrected chi connectivity index (χ3v) is 1.81. The molecular weight excluding hydrogens is 230 g/mol. The molecule has 0 aromatic rings. The minimum atomic E-state index is -0.716. The SMILES string of the molecule is COCCNC(=O)COC(=O)C1=COCCO1. The lowest BCUT2D eigenvalue weighted by atomic mass is 10.5. The van der Waals surface area contributed by atoms with Gasteiger partial charge in [-0.25, -0.2) is 4.79 Å². The molecule has 0 aromatic heterocycles. The number of carbonyl (C=O) groups excluding carboxylic acids is 2. The normalized spacial score (nSPS) is 14.1. The van der Waals surface area contributed by atoms with E-state index in [1.54, 1.807) is 0 Å². The number of esters is 1. The van der Waals surface area contributed by atoms with Crippen LogP contribution in [-0.2, 0) is 28.5 Å². The Bertz CT molecular complexity index is 301. The van der Waals surface area contributed by atoms with E-state index in [9.17, 15) is 9.59 Å². The van der Waals surface area contributed by atoms with Gasteiger partial charge in [-0.1, -0.05) is 0 Å². The van der Waals surface area contributed by atoms with Crippen molar-refractivity contribution in [2.75, 3.05) is 40.1 Å². The van der Waals surface area contributed by atoms with Gasteiger partial charge < -0.3 is 24.3 Å². The third-order valence-electron chi connectivity index (χ3n) is 1.81. The number of hydrogen-bond acceptors (Lipinski definition) is 6. The lowest BCUT2D eigenvalue weighted by Crippen LogP contribution is -2.31. The van der Waals surface area contributed by atoms with Gasteiger partial charge in [0.1, 0.15) is 19.5 Å². The lowest BCUT2D eigenvalue weighted by Gasteiger charge is -2.14. The van der Waals surface area contributed by atoms with Gasteiger partial charge in [-0.05, 0) is 0 Å². The van der Waals surface area contributed by atoms with Gasteiger partial charge in [0.05, 0.1) is 6.61 Å². The molecule has 1 amide bonds. The molecule has 0 atom stereocenters. The molecule has 7 nitrogen and oxygen atoms in total. The van der Waals surface area contributed by atoms with E-state index in [4.69, 9.17) is 18.9 Å². The molecule has 96 valence electrons. The van der Waals surface area contributed by atoms with Crippen LogP contribution in [0.3, 0.4) is 0 Å². The smallest absolute Gasteiger partial charge is 0.377 e. The average molecular weight is 245 g/mol. The topological polar surface area (TPSA) is 83.1 Å². The number of methoxy groups -OCH3 is 1.